The van der Waals surface area contributed by atoms with Crippen molar-refractivity contribution < 1.29 is 9.59 Å². The molecule has 0 aliphatic heterocycles. The van der Waals surface area contributed by atoms with Crippen LogP contribution in [0.3, 0.4) is 0 Å². The lowest BCUT2D eigenvalue weighted by Gasteiger charge is -2.32. The molecule has 1 atom stereocenters. The number of amides is 2. The number of nitrogens with zero attached hydrogens (tertiary/aromatic N) is 1. The minimum Gasteiger partial charge on any atom is -0.352 e. The van der Waals surface area contributed by atoms with Crippen molar-refractivity contribution in [3.63, 3.8) is 0 Å². The van der Waals surface area contributed by atoms with Crippen molar-refractivity contribution in [2.24, 2.45) is 0 Å². The summed E-state index contributed by atoms with van der Waals surface area (Å²) in [6.07, 6.45) is 5.71. The Morgan fingerprint density at radius 2 is 1.61 bits per heavy atom. The number of rotatable bonds is 10. The van der Waals surface area contributed by atoms with Gasteiger partial charge < -0.3 is 10.2 Å². The van der Waals surface area contributed by atoms with E-state index in [1.807, 2.05) is 54.6 Å². The number of aryl methyl sites for hydroxylation is 2. The maximum Gasteiger partial charge on any atom is 0.243 e. The Balaban J connectivity index is 1.60. The number of carbonyl (C=O) groups excluding carboxylic acids is 2. The van der Waals surface area contributed by atoms with Gasteiger partial charge in [0.2, 0.25) is 11.8 Å². The molecule has 0 unspecified atom stereocenters. The second kappa shape index (κ2) is 12.7. The first-order valence-corrected chi connectivity index (χ1v) is 13.3. The molecule has 0 radical (unpaired) electrons. The lowest BCUT2D eigenvalue weighted by Crippen LogP contribution is -2.52. The quantitative estimate of drug-likeness (QED) is 0.354. The van der Waals surface area contributed by atoms with Crippen LogP contribution in [0.15, 0.2) is 78.9 Å². The average molecular weight is 503 g/mol. The highest BCUT2D eigenvalue weighted by atomic mass is 35.5. The van der Waals surface area contributed by atoms with Gasteiger partial charge in [0, 0.05) is 30.5 Å². The third-order valence-electron chi connectivity index (χ3n) is 6.96. The van der Waals surface area contributed by atoms with Crippen LogP contribution in [0.4, 0.5) is 0 Å². The van der Waals surface area contributed by atoms with Gasteiger partial charge in [-0.15, -0.1) is 0 Å². The molecule has 1 saturated carbocycles. The molecule has 1 N–H and O–H groups in total. The molecule has 3 aromatic rings. The molecule has 0 saturated heterocycles. The predicted molar refractivity (Wildman–Crippen MR) is 146 cm³/mol. The number of hydrogen-bond acceptors (Lipinski definition) is 2. The first kappa shape index (κ1) is 26.0. The number of benzene rings is 3. The second-order valence-corrected chi connectivity index (χ2v) is 10.3. The zero-order valence-electron chi connectivity index (χ0n) is 21.0. The Hall–Kier alpha value is -3.11. The topological polar surface area (TPSA) is 49.4 Å². The van der Waals surface area contributed by atoms with Crippen molar-refractivity contribution in [1.29, 1.82) is 0 Å². The third-order valence-corrected chi connectivity index (χ3v) is 7.20. The summed E-state index contributed by atoms with van der Waals surface area (Å²) in [7, 11) is 0. The highest BCUT2D eigenvalue weighted by Crippen LogP contribution is 2.21. The Bertz CT molecular complexity index is 1140. The Morgan fingerprint density at radius 3 is 2.31 bits per heavy atom. The van der Waals surface area contributed by atoms with Gasteiger partial charge in [0.1, 0.15) is 6.04 Å². The van der Waals surface area contributed by atoms with Crippen molar-refractivity contribution in [2.75, 3.05) is 0 Å². The standard InChI is InChI=1S/C31H35ClN2O2/c1-23-14-16-24(17-15-23)18-19-30(35)34(22-26-10-7-11-27(32)20-26)29(21-25-8-3-2-4-9-25)31(36)33-28-12-5-6-13-28/h2-4,7-11,14-17,20,28-29H,5-6,12-13,18-19,21-22H2,1H3,(H,33,36)/t29-/m0/s1. The van der Waals surface area contributed by atoms with Crippen molar-refractivity contribution in [3.05, 3.63) is 106 Å². The largest absolute Gasteiger partial charge is 0.352 e. The molecule has 2 amide bonds. The summed E-state index contributed by atoms with van der Waals surface area (Å²) in [6.45, 7) is 2.39. The van der Waals surface area contributed by atoms with E-state index in [-0.39, 0.29) is 17.9 Å². The Kier molecular flexibility index (Phi) is 9.18. The Labute approximate surface area is 219 Å². The molecule has 4 rings (SSSR count). The minimum absolute atomic E-state index is 0.0296. The summed E-state index contributed by atoms with van der Waals surface area (Å²) < 4.78 is 0. The zero-order chi connectivity index (χ0) is 25.3. The molecule has 0 heterocycles. The fourth-order valence-corrected chi connectivity index (χ4v) is 5.12. The molecule has 36 heavy (non-hydrogen) atoms. The highest BCUT2D eigenvalue weighted by molar-refractivity contribution is 6.30. The third kappa shape index (κ3) is 7.44. The van der Waals surface area contributed by atoms with Crippen LogP contribution in [-0.4, -0.2) is 28.8 Å². The molecular weight excluding hydrogens is 468 g/mol. The summed E-state index contributed by atoms with van der Waals surface area (Å²) in [5.41, 5.74) is 4.26. The predicted octanol–water partition coefficient (Wildman–Crippen LogP) is 6.28. The maximum absolute atomic E-state index is 13.8. The molecule has 3 aromatic carbocycles. The molecule has 4 nitrogen and oxygen atoms in total. The normalized spacial score (nSPS) is 14.4. The summed E-state index contributed by atoms with van der Waals surface area (Å²) >= 11 is 6.26. The van der Waals surface area contributed by atoms with Crippen molar-refractivity contribution in [1.82, 2.24) is 10.2 Å². The van der Waals surface area contributed by atoms with Crippen LogP contribution in [0, 0.1) is 6.92 Å². The van der Waals surface area contributed by atoms with Crippen LogP contribution in [0.25, 0.3) is 0 Å². The molecule has 0 spiro atoms. The van der Waals surface area contributed by atoms with Crippen LogP contribution in [-0.2, 0) is 29.0 Å². The van der Waals surface area contributed by atoms with E-state index < -0.39 is 6.04 Å². The van der Waals surface area contributed by atoms with Gasteiger partial charge in [-0.25, -0.2) is 0 Å². The average Bonchev–Trinajstić information content (AvgIpc) is 3.39. The number of hydrogen-bond donors (Lipinski definition) is 1. The monoisotopic (exact) mass is 502 g/mol. The molecular formula is C31H35ClN2O2. The van der Waals surface area contributed by atoms with Gasteiger partial charge >= 0.3 is 0 Å². The first-order chi connectivity index (χ1) is 17.5. The summed E-state index contributed by atoms with van der Waals surface area (Å²) in [6, 6.07) is 25.3. The lowest BCUT2D eigenvalue weighted by atomic mass is 10.0. The fraction of sp³-hybridized carbons (Fsp3) is 0.355. The van der Waals surface area contributed by atoms with Crippen LogP contribution in [0.5, 0.6) is 0 Å². The van der Waals surface area contributed by atoms with Crippen LogP contribution >= 0.6 is 11.6 Å². The molecule has 1 fully saturated rings. The summed E-state index contributed by atoms with van der Waals surface area (Å²) in [5, 5.41) is 3.87. The van der Waals surface area contributed by atoms with E-state index in [0.717, 1.165) is 42.4 Å². The molecule has 0 aromatic heterocycles. The van der Waals surface area contributed by atoms with Gasteiger partial charge in [-0.05, 0) is 55.0 Å². The summed E-state index contributed by atoms with van der Waals surface area (Å²) in [5.74, 6) is -0.102. The zero-order valence-corrected chi connectivity index (χ0v) is 21.7. The van der Waals surface area contributed by atoms with Gasteiger partial charge in [-0.3, -0.25) is 9.59 Å². The van der Waals surface area contributed by atoms with E-state index >= 15 is 0 Å². The lowest BCUT2D eigenvalue weighted by molar-refractivity contribution is -0.141. The SMILES string of the molecule is Cc1ccc(CCC(=O)N(Cc2cccc(Cl)c2)[C@@H](Cc2ccccc2)C(=O)NC2CCCC2)cc1. The van der Waals surface area contributed by atoms with E-state index in [4.69, 9.17) is 11.6 Å². The summed E-state index contributed by atoms with van der Waals surface area (Å²) in [4.78, 5) is 29.2. The van der Waals surface area contributed by atoms with Crippen molar-refractivity contribution in [2.45, 2.75) is 70.5 Å². The smallest absolute Gasteiger partial charge is 0.243 e. The highest BCUT2D eigenvalue weighted by Gasteiger charge is 2.32. The van der Waals surface area contributed by atoms with Gasteiger partial charge in [-0.1, -0.05) is 96.7 Å². The first-order valence-electron chi connectivity index (χ1n) is 12.9. The van der Waals surface area contributed by atoms with Crippen LogP contribution in [0.1, 0.15) is 54.4 Å². The minimum atomic E-state index is -0.600. The van der Waals surface area contributed by atoms with E-state index in [1.54, 1.807) is 4.90 Å². The van der Waals surface area contributed by atoms with E-state index in [9.17, 15) is 9.59 Å². The van der Waals surface area contributed by atoms with Crippen molar-refractivity contribution >= 4 is 23.4 Å². The van der Waals surface area contributed by atoms with Gasteiger partial charge in [0.05, 0.1) is 0 Å². The molecule has 1 aliphatic rings. The number of nitrogens with one attached hydrogen (secondary N) is 1. The van der Waals surface area contributed by atoms with Crippen LogP contribution < -0.4 is 5.32 Å². The molecule has 188 valence electrons. The fourth-order valence-electron chi connectivity index (χ4n) is 4.90. The maximum atomic E-state index is 13.8. The van der Waals surface area contributed by atoms with Crippen molar-refractivity contribution in [3.8, 4) is 0 Å². The Morgan fingerprint density at radius 1 is 0.917 bits per heavy atom. The number of halogens is 1. The van der Waals surface area contributed by atoms with E-state index in [2.05, 4.69) is 36.5 Å². The van der Waals surface area contributed by atoms with Gasteiger partial charge in [0.15, 0.2) is 0 Å². The molecule has 1 aliphatic carbocycles. The molecule has 5 heteroatoms. The second-order valence-electron chi connectivity index (χ2n) is 9.83. The van der Waals surface area contributed by atoms with Crippen LogP contribution in [0.2, 0.25) is 5.02 Å². The van der Waals surface area contributed by atoms with E-state index in [0.29, 0.717) is 30.8 Å². The van der Waals surface area contributed by atoms with Gasteiger partial charge in [-0.2, -0.15) is 0 Å². The molecule has 0 bridgehead atoms. The van der Waals surface area contributed by atoms with E-state index in [1.165, 1.54) is 5.56 Å². The number of carbonyl (C=O) groups is 2. The van der Waals surface area contributed by atoms with Gasteiger partial charge in [0.25, 0.3) is 0 Å².